The summed E-state index contributed by atoms with van der Waals surface area (Å²) in [6.07, 6.45) is 0. The number of rotatable bonds is 3. The lowest BCUT2D eigenvalue weighted by atomic mass is 10.2. The third-order valence-corrected chi connectivity index (χ3v) is 3.05. The van der Waals surface area contributed by atoms with Crippen molar-refractivity contribution in [1.82, 2.24) is 0 Å². The molecule has 0 fully saturated rings. The zero-order valence-corrected chi connectivity index (χ0v) is 10.6. The van der Waals surface area contributed by atoms with Crippen LogP contribution in [0.1, 0.15) is 5.56 Å². The standard InChI is InChI=1S/C14H10ClFO3/c15-7-10-11(16)2-1-3-12(10)19-9-4-5-13-14(6-9)18-8-17-13/h1-6H,7-8H2. The van der Waals surface area contributed by atoms with Gasteiger partial charge in [0.25, 0.3) is 0 Å². The zero-order valence-electron chi connectivity index (χ0n) is 9.86. The molecule has 0 unspecified atom stereocenters. The normalized spacial score (nSPS) is 12.5. The summed E-state index contributed by atoms with van der Waals surface area (Å²) in [4.78, 5) is 0. The van der Waals surface area contributed by atoms with Gasteiger partial charge in [0.1, 0.15) is 17.3 Å². The van der Waals surface area contributed by atoms with Crippen molar-refractivity contribution >= 4 is 11.6 Å². The van der Waals surface area contributed by atoms with Gasteiger partial charge >= 0.3 is 0 Å². The maximum absolute atomic E-state index is 13.6. The summed E-state index contributed by atoms with van der Waals surface area (Å²) >= 11 is 5.73. The largest absolute Gasteiger partial charge is 0.457 e. The first kappa shape index (κ1) is 12.1. The van der Waals surface area contributed by atoms with Crippen LogP contribution < -0.4 is 14.2 Å². The lowest BCUT2D eigenvalue weighted by Gasteiger charge is -2.10. The van der Waals surface area contributed by atoms with Crippen molar-refractivity contribution in [3.05, 3.63) is 47.8 Å². The van der Waals surface area contributed by atoms with E-state index in [1.54, 1.807) is 30.3 Å². The Morgan fingerprint density at radius 1 is 1.16 bits per heavy atom. The molecule has 0 aliphatic carbocycles. The van der Waals surface area contributed by atoms with Gasteiger partial charge in [0.2, 0.25) is 6.79 Å². The van der Waals surface area contributed by atoms with Crippen molar-refractivity contribution in [3.8, 4) is 23.0 Å². The summed E-state index contributed by atoms with van der Waals surface area (Å²) in [5.74, 6) is 1.89. The highest BCUT2D eigenvalue weighted by molar-refractivity contribution is 6.17. The van der Waals surface area contributed by atoms with Gasteiger partial charge in [0, 0.05) is 11.6 Å². The van der Waals surface area contributed by atoms with Crippen molar-refractivity contribution < 1.29 is 18.6 Å². The third kappa shape index (κ3) is 2.31. The van der Waals surface area contributed by atoms with E-state index in [0.29, 0.717) is 28.6 Å². The Hall–Kier alpha value is -1.94. The SMILES string of the molecule is Fc1cccc(Oc2ccc3c(c2)OCO3)c1CCl. The maximum atomic E-state index is 13.6. The quantitative estimate of drug-likeness (QED) is 0.793. The van der Waals surface area contributed by atoms with Gasteiger partial charge in [-0.2, -0.15) is 0 Å². The van der Waals surface area contributed by atoms with E-state index in [4.69, 9.17) is 25.8 Å². The number of ether oxygens (including phenoxy) is 3. The molecular weight excluding hydrogens is 271 g/mol. The van der Waals surface area contributed by atoms with Crippen LogP contribution in [0.4, 0.5) is 4.39 Å². The van der Waals surface area contributed by atoms with Crippen LogP contribution in [0.3, 0.4) is 0 Å². The van der Waals surface area contributed by atoms with Crippen molar-refractivity contribution in [2.24, 2.45) is 0 Å². The van der Waals surface area contributed by atoms with Crippen LogP contribution >= 0.6 is 11.6 Å². The van der Waals surface area contributed by atoms with Gasteiger partial charge in [-0.25, -0.2) is 4.39 Å². The van der Waals surface area contributed by atoms with Crippen molar-refractivity contribution in [2.75, 3.05) is 6.79 Å². The third-order valence-electron chi connectivity index (χ3n) is 2.78. The second kappa shape index (κ2) is 4.97. The topological polar surface area (TPSA) is 27.7 Å². The van der Waals surface area contributed by atoms with Crippen LogP contribution in [0, 0.1) is 5.82 Å². The molecule has 1 aliphatic rings. The van der Waals surface area contributed by atoms with E-state index in [9.17, 15) is 4.39 Å². The van der Waals surface area contributed by atoms with E-state index in [2.05, 4.69) is 0 Å². The monoisotopic (exact) mass is 280 g/mol. The Balaban J connectivity index is 1.91. The molecule has 3 rings (SSSR count). The van der Waals surface area contributed by atoms with Gasteiger partial charge in [0.15, 0.2) is 11.5 Å². The smallest absolute Gasteiger partial charge is 0.231 e. The van der Waals surface area contributed by atoms with Crippen LogP contribution in [0.15, 0.2) is 36.4 Å². The molecule has 1 heterocycles. The fourth-order valence-corrected chi connectivity index (χ4v) is 2.09. The molecule has 0 N–H and O–H groups in total. The maximum Gasteiger partial charge on any atom is 0.231 e. The zero-order chi connectivity index (χ0) is 13.2. The predicted molar refractivity (Wildman–Crippen MR) is 68.6 cm³/mol. The fourth-order valence-electron chi connectivity index (χ4n) is 1.83. The molecule has 1 aliphatic heterocycles. The van der Waals surface area contributed by atoms with Crippen LogP contribution in [-0.4, -0.2) is 6.79 Å². The first-order chi connectivity index (χ1) is 9.28. The molecule has 0 saturated carbocycles. The van der Waals surface area contributed by atoms with Gasteiger partial charge < -0.3 is 14.2 Å². The highest BCUT2D eigenvalue weighted by Gasteiger charge is 2.15. The lowest BCUT2D eigenvalue weighted by molar-refractivity contribution is 0.174. The second-order valence-corrected chi connectivity index (χ2v) is 4.23. The van der Waals surface area contributed by atoms with Crippen LogP contribution in [0.25, 0.3) is 0 Å². The van der Waals surface area contributed by atoms with Gasteiger partial charge in [-0.05, 0) is 24.3 Å². The molecule has 19 heavy (non-hydrogen) atoms. The van der Waals surface area contributed by atoms with Gasteiger partial charge in [0.05, 0.1) is 5.88 Å². The van der Waals surface area contributed by atoms with E-state index >= 15 is 0 Å². The molecule has 0 atom stereocenters. The van der Waals surface area contributed by atoms with Crippen molar-refractivity contribution in [1.29, 1.82) is 0 Å². The summed E-state index contributed by atoms with van der Waals surface area (Å²) in [6, 6.07) is 9.78. The van der Waals surface area contributed by atoms with E-state index in [1.165, 1.54) is 6.07 Å². The minimum atomic E-state index is -0.381. The van der Waals surface area contributed by atoms with Gasteiger partial charge in [-0.15, -0.1) is 11.6 Å². The second-order valence-electron chi connectivity index (χ2n) is 3.97. The minimum absolute atomic E-state index is 0.0482. The molecule has 98 valence electrons. The Bertz CT molecular complexity index is 616. The average Bonchev–Trinajstić information content (AvgIpc) is 2.86. The molecule has 0 saturated heterocycles. The number of halogens is 2. The molecule has 0 spiro atoms. The average molecular weight is 281 g/mol. The van der Waals surface area contributed by atoms with E-state index in [0.717, 1.165) is 0 Å². The van der Waals surface area contributed by atoms with E-state index in [1.807, 2.05) is 0 Å². The Morgan fingerprint density at radius 3 is 2.84 bits per heavy atom. The Kier molecular flexibility index (Phi) is 3.17. The molecule has 2 aromatic carbocycles. The molecule has 0 aromatic heterocycles. The highest BCUT2D eigenvalue weighted by Crippen LogP contribution is 2.37. The number of alkyl halides is 1. The summed E-state index contributed by atoms with van der Waals surface area (Å²) in [7, 11) is 0. The molecule has 5 heteroatoms. The van der Waals surface area contributed by atoms with Gasteiger partial charge in [-0.1, -0.05) is 6.07 Å². The fraction of sp³-hybridized carbons (Fsp3) is 0.143. The summed E-state index contributed by atoms with van der Waals surface area (Å²) < 4.78 is 29.7. The lowest BCUT2D eigenvalue weighted by Crippen LogP contribution is -1.93. The first-order valence-electron chi connectivity index (χ1n) is 5.69. The molecule has 2 aromatic rings. The number of benzene rings is 2. The van der Waals surface area contributed by atoms with Crippen LogP contribution in [0.2, 0.25) is 0 Å². The number of hydrogen-bond acceptors (Lipinski definition) is 3. The summed E-state index contributed by atoms with van der Waals surface area (Å²) in [5, 5.41) is 0. The minimum Gasteiger partial charge on any atom is -0.457 e. The van der Waals surface area contributed by atoms with Gasteiger partial charge in [-0.3, -0.25) is 0 Å². The van der Waals surface area contributed by atoms with E-state index < -0.39 is 0 Å². The Labute approximate surface area is 114 Å². The van der Waals surface area contributed by atoms with Crippen molar-refractivity contribution in [2.45, 2.75) is 5.88 Å². The summed E-state index contributed by atoms with van der Waals surface area (Å²) in [5.41, 5.74) is 0.335. The molecule has 0 bridgehead atoms. The first-order valence-corrected chi connectivity index (χ1v) is 6.22. The summed E-state index contributed by atoms with van der Waals surface area (Å²) in [6.45, 7) is 0.200. The van der Waals surface area contributed by atoms with E-state index in [-0.39, 0.29) is 18.5 Å². The van der Waals surface area contributed by atoms with Crippen LogP contribution in [0.5, 0.6) is 23.0 Å². The molecule has 0 amide bonds. The Morgan fingerprint density at radius 2 is 2.00 bits per heavy atom. The molecule has 3 nitrogen and oxygen atoms in total. The van der Waals surface area contributed by atoms with Crippen molar-refractivity contribution in [3.63, 3.8) is 0 Å². The highest BCUT2D eigenvalue weighted by atomic mass is 35.5. The predicted octanol–water partition coefficient (Wildman–Crippen LogP) is 4.09. The number of hydrogen-bond donors (Lipinski definition) is 0. The molecular formula is C14H10ClFO3. The van der Waals surface area contributed by atoms with Crippen LogP contribution in [-0.2, 0) is 5.88 Å². The molecule has 0 radical (unpaired) electrons. The number of fused-ring (bicyclic) bond motifs is 1.